The van der Waals surface area contributed by atoms with E-state index >= 15 is 0 Å². The van der Waals surface area contributed by atoms with E-state index < -0.39 is 40.0 Å². The van der Waals surface area contributed by atoms with Crippen LogP contribution in [-0.4, -0.2) is 60.9 Å². The van der Waals surface area contributed by atoms with Gasteiger partial charge in [0.25, 0.3) is 5.91 Å². The molecule has 2 fully saturated rings. The van der Waals surface area contributed by atoms with Gasteiger partial charge in [0.2, 0.25) is 5.91 Å². The number of β-lactam (4-membered cyclic amide) rings is 1. The minimum absolute atomic E-state index is 0.181. The molecule has 2 amide bonds. The topological polar surface area (TPSA) is 119 Å². The summed E-state index contributed by atoms with van der Waals surface area (Å²) in [7, 11) is 0. The molecule has 24 heavy (non-hydrogen) atoms. The van der Waals surface area contributed by atoms with Gasteiger partial charge in [-0.05, 0) is 25.3 Å². The molecule has 3 atom stereocenters. The Hall–Kier alpha value is -2.07. The van der Waals surface area contributed by atoms with Gasteiger partial charge in [0, 0.05) is 15.7 Å². The predicted octanol–water partition coefficient (Wildman–Crippen LogP) is 0.558. The Kier molecular flexibility index (Phi) is 4.04. The summed E-state index contributed by atoms with van der Waals surface area (Å²) in [6.45, 7) is 3.51. The fourth-order valence-electron chi connectivity index (χ4n) is 2.99. The average Bonchev–Trinajstić information content (AvgIpc) is 3.10. The van der Waals surface area contributed by atoms with E-state index in [1.54, 1.807) is 30.7 Å². The Morgan fingerprint density at radius 3 is 2.67 bits per heavy atom. The Morgan fingerprint density at radius 2 is 2.12 bits per heavy atom. The lowest BCUT2D eigenvalue weighted by Gasteiger charge is -2.43. The molecule has 2 aliphatic rings. The van der Waals surface area contributed by atoms with Crippen molar-refractivity contribution in [2.45, 2.75) is 36.1 Å². The highest BCUT2D eigenvalue weighted by molar-refractivity contribution is 8.01. The molecular weight excluding hydrogens is 354 g/mol. The summed E-state index contributed by atoms with van der Waals surface area (Å²) in [5.41, 5.74) is 0.269. The van der Waals surface area contributed by atoms with Crippen LogP contribution < -0.4 is 5.32 Å². The van der Waals surface area contributed by atoms with Crippen molar-refractivity contribution in [3.05, 3.63) is 22.4 Å². The summed E-state index contributed by atoms with van der Waals surface area (Å²) < 4.78 is -0.660. The molecule has 0 unspecified atom stereocenters. The summed E-state index contributed by atoms with van der Waals surface area (Å²) in [6, 6.07) is -0.139. The van der Waals surface area contributed by atoms with E-state index in [0.29, 0.717) is 5.56 Å². The third-order valence-corrected chi connectivity index (χ3v) is 6.33. The summed E-state index contributed by atoms with van der Waals surface area (Å²) in [6.07, 6.45) is 0. The van der Waals surface area contributed by atoms with Crippen molar-refractivity contribution >= 4 is 46.6 Å². The number of nitrogens with one attached hydrogen (secondary N) is 1. The van der Waals surface area contributed by atoms with E-state index in [0.717, 1.165) is 0 Å². The van der Waals surface area contributed by atoms with Gasteiger partial charge in [-0.2, -0.15) is 11.3 Å². The SMILES string of the molecule is CC1(C)S[C@H]2[C@H](NC(=O)C(=NO)c3ccsc3)C(=O)N2[C@H]1C(=O)O. The first-order valence-electron chi connectivity index (χ1n) is 7.06. The maximum atomic E-state index is 12.3. The summed E-state index contributed by atoms with van der Waals surface area (Å²) in [5, 5.41) is 26.9. The van der Waals surface area contributed by atoms with Crippen LogP contribution in [0.25, 0.3) is 0 Å². The predicted molar refractivity (Wildman–Crippen MR) is 88.3 cm³/mol. The van der Waals surface area contributed by atoms with Gasteiger partial charge < -0.3 is 20.5 Å². The molecule has 128 valence electrons. The minimum atomic E-state index is -1.07. The molecule has 0 aliphatic carbocycles. The molecule has 8 nitrogen and oxygen atoms in total. The van der Waals surface area contributed by atoms with Gasteiger partial charge in [0.1, 0.15) is 17.5 Å². The van der Waals surface area contributed by atoms with E-state index in [9.17, 15) is 19.5 Å². The smallest absolute Gasteiger partial charge is 0.327 e. The molecule has 2 saturated heterocycles. The van der Waals surface area contributed by atoms with Crippen molar-refractivity contribution in [3.63, 3.8) is 0 Å². The molecule has 2 aliphatic heterocycles. The van der Waals surface area contributed by atoms with E-state index in [4.69, 9.17) is 5.21 Å². The van der Waals surface area contributed by atoms with Crippen LogP contribution in [0.4, 0.5) is 0 Å². The van der Waals surface area contributed by atoms with Crippen LogP contribution in [0, 0.1) is 0 Å². The maximum absolute atomic E-state index is 12.3. The van der Waals surface area contributed by atoms with Crippen LogP contribution in [0.3, 0.4) is 0 Å². The zero-order valence-electron chi connectivity index (χ0n) is 12.8. The van der Waals surface area contributed by atoms with Gasteiger partial charge in [-0.1, -0.05) is 5.16 Å². The van der Waals surface area contributed by atoms with E-state index in [1.807, 2.05) is 0 Å². The molecular formula is C14H15N3O5S2. The molecule has 0 spiro atoms. The fraction of sp³-hybridized carbons (Fsp3) is 0.429. The van der Waals surface area contributed by atoms with Gasteiger partial charge in [-0.15, -0.1) is 11.8 Å². The third kappa shape index (κ3) is 2.46. The van der Waals surface area contributed by atoms with Crippen LogP contribution >= 0.6 is 23.1 Å². The third-order valence-electron chi connectivity index (χ3n) is 4.07. The quantitative estimate of drug-likeness (QED) is 0.309. The fourth-order valence-corrected chi connectivity index (χ4v) is 5.25. The van der Waals surface area contributed by atoms with E-state index in [1.165, 1.54) is 28.0 Å². The second-order valence-electron chi connectivity index (χ2n) is 6.01. The van der Waals surface area contributed by atoms with Gasteiger partial charge >= 0.3 is 5.97 Å². The van der Waals surface area contributed by atoms with E-state index in [2.05, 4.69) is 10.5 Å². The van der Waals surface area contributed by atoms with Crippen LogP contribution in [0.15, 0.2) is 22.0 Å². The molecule has 3 rings (SSSR count). The molecule has 3 heterocycles. The molecule has 0 bridgehead atoms. The number of carboxylic acids is 1. The number of hydrogen-bond donors (Lipinski definition) is 3. The highest BCUT2D eigenvalue weighted by Gasteiger charge is 2.64. The highest BCUT2D eigenvalue weighted by Crippen LogP contribution is 2.50. The number of thioether (sulfide) groups is 1. The first kappa shape index (κ1) is 16.8. The average molecular weight is 369 g/mol. The van der Waals surface area contributed by atoms with Crippen LogP contribution in [0.2, 0.25) is 0 Å². The number of nitrogens with zero attached hydrogens (tertiary/aromatic N) is 2. The molecule has 1 aromatic heterocycles. The van der Waals surface area contributed by atoms with Gasteiger partial charge in [-0.25, -0.2) is 4.79 Å². The number of carbonyl (C=O) groups is 3. The second kappa shape index (κ2) is 5.78. The Bertz CT molecular complexity index is 731. The number of carboxylic acid groups (broad SMARTS) is 1. The molecule has 3 N–H and O–H groups in total. The van der Waals surface area contributed by atoms with Gasteiger partial charge in [0.15, 0.2) is 5.71 Å². The number of rotatable bonds is 4. The second-order valence-corrected chi connectivity index (χ2v) is 8.56. The number of carbonyl (C=O) groups excluding carboxylic acids is 2. The monoisotopic (exact) mass is 369 g/mol. The van der Waals surface area contributed by atoms with Crippen molar-refractivity contribution in [2.75, 3.05) is 0 Å². The van der Waals surface area contributed by atoms with Crippen LogP contribution in [0.5, 0.6) is 0 Å². The standard InChI is InChI=1S/C14H15N3O5S2/c1-14(2)9(13(20)21)17-11(19)8(12(17)24-14)15-10(18)7(16-22)6-3-4-23-5-6/h3-5,8-9,12,22H,1-2H3,(H,15,18)(H,20,21)/t8-,9+,12+/m1/s1. The molecule has 0 aromatic carbocycles. The molecule has 0 saturated carbocycles. The normalized spacial score (nSPS) is 28.2. The van der Waals surface area contributed by atoms with Crippen molar-refractivity contribution in [2.24, 2.45) is 5.16 Å². The van der Waals surface area contributed by atoms with Crippen molar-refractivity contribution in [1.82, 2.24) is 10.2 Å². The van der Waals surface area contributed by atoms with Crippen LogP contribution in [-0.2, 0) is 14.4 Å². The Labute approximate surface area is 145 Å². The molecule has 10 heteroatoms. The Morgan fingerprint density at radius 1 is 1.42 bits per heavy atom. The van der Waals surface area contributed by atoms with Gasteiger partial charge in [0.05, 0.1) is 0 Å². The number of oxime groups is 1. The number of hydrogen-bond acceptors (Lipinski definition) is 7. The summed E-state index contributed by atoms with van der Waals surface area (Å²) >= 11 is 2.68. The summed E-state index contributed by atoms with van der Waals surface area (Å²) in [4.78, 5) is 37.3. The number of amides is 2. The first-order valence-corrected chi connectivity index (χ1v) is 8.88. The highest BCUT2D eigenvalue weighted by atomic mass is 32.2. The van der Waals surface area contributed by atoms with Crippen molar-refractivity contribution in [3.8, 4) is 0 Å². The van der Waals surface area contributed by atoms with Gasteiger partial charge in [-0.3, -0.25) is 9.59 Å². The number of thiophene rings is 1. The number of fused-ring (bicyclic) bond motifs is 1. The minimum Gasteiger partial charge on any atom is -0.480 e. The maximum Gasteiger partial charge on any atom is 0.327 e. The lowest BCUT2D eigenvalue weighted by molar-refractivity contribution is -0.160. The van der Waals surface area contributed by atoms with Crippen LogP contribution in [0.1, 0.15) is 19.4 Å². The largest absolute Gasteiger partial charge is 0.480 e. The van der Waals surface area contributed by atoms with Crippen molar-refractivity contribution < 1.29 is 24.7 Å². The van der Waals surface area contributed by atoms with Crippen molar-refractivity contribution in [1.29, 1.82) is 0 Å². The summed E-state index contributed by atoms with van der Waals surface area (Å²) in [5.74, 6) is -2.18. The zero-order chi connectivity index (χ0) is 17.6. The molecule has 0 radical (unpaired) electrons. The lowest BCUT2D eigenvalue weighted by atomic mass is 9.96. The number of aliphatic carboxylic acids is 1. The lowest BCUT2D eigenvalue weighted by Crippen LogP contribution is -2.71. The molecule has 1 aromatic rings. The zero-order valence-corrected chi connectivity index (χ0v) is 14.4. The van der Waals surface area contributed by atoms with E-state index in [-0.39, 0.29) is 5.71 Å². The Balaban J connectivity index is 1.76. The first-order chi connectivity index (χ1) is 11.3.